The van der Waals surface area contributed by atoms with Crippen LogP contribution in [-0.2, 0) is 6.54 Å². The molecular weight excluding hydrogens is 280 g/mol. The van der Waals surface area contributed by atoms with E-state index in [4.69, 9.17) is 11.6 Å². The second-order valence-electron chi connectivity index (χ2n) is 6.18. The Kier molecular flexibility index (Phi) is 7.01. The van der Waals surface area contributed by atoms with Crippen molar-refractivity contribution < 1.29 is 0 Å². The van der Waals surface area contributed by atoms with E-state index in [0.29, 0.717) is 18.1 Å². The summed E-state index contributed by atoms with van der Waals surface area (Å²) < 4.78 is 0. The fourth-order valence-electron chi connectivity index (χ4n) is 3.25. The van der Waals surface area contributed by atoms with E-state index >= 15 is 0 Å². The quantitative estimate of drug-likeness (QED) is 0.774. The molecule has 3 heteroatoms. The molecule has 2 nitrogen and oxygen atoms in total. The van der Waals surface area contributed by atoms with Gasteiger partial charge in [0.15, 0.2) is 0 Å². The summed E-state index contributed by atoms with van der Waals surface area (Å²) in [5.41, 5.74) is 1.31. The molecule has 0 bridgehead atoms. The van der Waals surface area contributed by atoms with E-state index in [9.17, 15) is 0 Å². The number of nitrogens with one attached hydrogen (secondary N) is 2. The lowest BCUT2D eigenvalue weighted by atomic mass is 9.89. The monoisotopic (exact) mass is 308 g/mol. The second kappa shape index (κ2) is 8.77. The zero-order chi connectivity index (χ0) is 15.1. The summed E-state index contributed by atoms with van der Waals surface area (Å²) >= 11 is 5.94. The van der Waals surface area contributed by atoms with Gasteiger partial charge in [0.2, 0.25) is 0 Å². The van der Waals surface area contributed by atoms with Crippen molar-refractivity contribution in [3.05, 3.63) is 34.9 Å². The van der Waals surface area contributed by atoms with Crippen molar-refractivity contribution in [1.82, 2.24) is 10.6 Å². The zero-order valence-electron chi connectivity index (χ0n) is 13.4. The third kappa shape index (κ3) is 5.28. The van der Waals surface area contributed by atoms with Crippen molar-refractivity contribution in [2.24, 2.45) is 0 Å². The first-order valence-corrected chi connectivity index (χ1v) is 8.84. The highest BCUT2D eigenvalue weighted by molar-refractivity contribution is 6.30. The number of rotatable bonds is 7. The molecule has 0 saturated heterocycles. The van der Waals surface area contributed by atoms with Crippen LogP contribution in [0.2, 0.25) is 5.02 Å². The molecule has 1 aliphatic carbocycles. The third-order valence-electron chi connectivity index (χ3n) is 4.68. The molecule has 1 fully saturated rings. The number of hydrogen-bond donors (Lipinski definition) is 2. The third-order valence-corrected chi connectivity index (χ3v) is 4.93. The molecule has 0 spiro atoms. The normalized spacial score (nSPS) is 22.7. The van der Waals surface area contributed by atoms with E-state index in [-0.39, 0.29) is 0 Å². The van der Waals surface area contributed by atoms with E-state index < -0.39 is 0 Å². The molecule has 0 heterocycles. The largest absolute Gasteiger partial charge is 0.310 e. The highest BCUT2D eigenvalue weighted by atomic mass is 35.5. The summed E-state index contributed by atoms with van der Waals surface area (Å²) in [5.74, 6) is 0. The van der Waals surface area contributed by atoms with Crippen LogP contribution in [0.4, 0.5) is 0 Å². The van der Waals surface area contributed by atoms with Gasteiger partial charge in [0, 0.05) is 29.7 Å². The van der Waals surface area contributed by atoms with Gasteiger partial charge in [-0.25, -0.2) is 0 Å². The molecule has 0 amide bonds. The first kappa shape index (κ1) is 16.8. The van der Waals surface area contributed by atoms with Crippen LogP contribution in [0.15, 0.2) is 24.3 Å². The minimum Gasteiger partial charge on any atom is -0.310 e. The number of hydrogen-bond acceptors (Lipinski definition) is 2. The smallest absolute Gasteiger partial charge is 0.0406 e. The molecule has 1 aromatic carbocycles. The predicted octanol–water partition coefficient (Wildman–Crippen LogP) is 4.52. The Bertz CT molecular complexity index is 400. The molecule has 0 aliphatic heterocycles. The van der Waals surface area contributed by atoms with Gasteiger partial charge in [0.1, 0.15) is 0 Å². The average Bonchev–Trinajstić information content (AvgIpc) is 2.53. The van der Waals surface area contributed by atoms with Gasteiger partial charge >= 0.3 is 0 Å². The van der Waals surface area contributed by atoms with Gasteiger partial charge in [-0.3, -0.25) is 0 Å². The fourth-order valence-corrected chi connectivity index (χ4v) is 3.38. The van der Waals surface area contributed by atoms with Crippen LogP contribution >= 0.6 is 11.6 Å². The Balaban J connectivity index is 1.87. The van der Waals surface area contributed by atoms with E-state index in [0.717, 1.165) is 11.6 Å². The SMILES string of the molecule is CCC(CC)N[C@@H]1CCCC[C@H]1NCc1ccc(Cl)cc1. The second-order valence-corrected chi connectivity index (χ2v) is 6.62. The van der Waals surface area contributed by atoms with Crippen LogP contribution < -0.4 is 10.6 Å². The van der Waals surface area contributed by atoms with Crippen LogP contribution in [-0.4, -0.2) is 18.1 Å². The Morgan fingerprint density at radius 3 is 2.29 bits per heavy atom. The van der Waals surface area contributed by atoms with Gasteiger partial charge in [0.25, 0.3) is 0 Å². The Morgan fingerprint density at radius 2 is 1.67 bits per heavy atom. The molecule has 0 radical (unpaired) electrons. The van der Waals surface area contributed by atoms with Crippen LogP contribution in [0.5, 0.6) is 0 Å². The summed E-state index contributed by atoms with van der Waals surface area (Å²) in [6.45, 7) is 5.49. The molecule has 0 unspecified atom stereocenters. The van der Waals surface area contributed by atoms with Crippen molar-refractivity contribution >= 4 is 11.6 Å². The molecule has 1 aromatic rings. The maximum absolute atomic E-state index is 5.94. The lowest BCUT2D eigenvalue weighted by molar-refractivity contribution is 0.256. The van der Waals surface area contributed by atoms with Crippen molar-refractivity contribution in [2.45, 2.75) is 77.0 Å². The summed E-state index contributed by atoms with van der Waals surface area (Å²) in [6.07, 6.45) is 7.73. The Hall–Kier alpha value is -0.570. The highest BCUT2D eigenvalue weighted by Gasteiger charge is 2.25. The van der Waals surface area contributed by atoms with Crippen LogP contribution in [0.25, 0.3) is 0 Å². The average molecular weight is 309 g/mol. The maximum Gasteiger partial charge on any atom is 0.0406 e. The number of benzene rings is 1. The summed E-state index contributed by atoms with van der Waals surface area (Å²) in [5, 5.41) is 8.43. The fraction of sp³-hybridized carbons (Fsp3) is 0.667. The predicted molar refractivity (Wildman–Crippen MR) is 91.8 cm³/mol. The lowest BCUT2D eigenvalue weighted by Crippen LogP contribution is -2.52. The van der Waals surface area contributed by atoms with Crippen LogP contribution in [0.3, 0.4) is 0 Å². The van der Waals surface area contributed by atoms with Gasteiger partial charge in [0.05, 0.1) is 0 Å². The zero-order valence-corrected chi connectivity index (χ0v) is 14.1. The molecule has 2 rings (SSSR count). The summed E-state index contributed by atoms with van der Waals surface area (Å²) in [6, 6.07) is 10.0. The van der Waals surface area contributed by atoms with Gasteiger partial charge in [-0.2, -0.15) is 0 Å². The molecule has 1 aliphatic rings. The van der Waals surface area contributed by atoms with E-state index in [1.54, 1.807) is 0 Å². The Morgan fingerprint density at radius 1 is 1.05 bits per heavy atom. The van der Waals surface area contributed by atoms with Gasteiger partial charge in [-0.05, 0) is 43.4 Å². The first-order chi connectivity index (χ1) is 10.2. The van der Waals surface area contributed by atoms with Crippen LogP contribution in [0, 0.1) is 0 Å². The highest BCUT2D eigenvalue weighted by Crippen LogP contribution is 2.20. The topological polar surface area (TPSA) is 24.1 Å². The summed E-state index contributed by atoms with van der Waals surface area (Å²) in [7, 11) is 0. The molecule has 1 saturated carbocycles. The minimum absolute atomic E-state index is 0.593. The van der Waals surface area contributed by atoms with Crippen molar-refractivity contribution in [1.29, 1.82) is 0 Å². The minimum atomic E-state index is 0.593. The van der Waals surface area contributed by atoms with Crippen molar-refractivity contribution in [3.8, 4) is 0 Å². The van der Waals surface area contributed by atoms with E-state index in [1.807, 2.05) is 12.1 Å². The van der Waals surface area contributed by atoms with Gasteiger partial charge in [-0.15, -0.1) is 0 Å². The molecular formula is C18H29ClN2. The summed E-state index contributed by atoms with van der Waals surface area (Å²) in [4.78, 5) is 0. The van der Waals surface area contributed by atoms with Crippen molar-refractivity contribution in [3.63, 3.8) is 0 Å². The van der Waals surface area contributed by atoms with Crippen molar-refractivity contribution in [2.75, 3.05) is 0 Å². The lowest BCUT2D eigenvalue weighted by Gasteiger charge is -2.35. The maximum atomic E-state index is 5.94. The molecule has 118 valence electrons. The van der Waals surface area contributed by atoms with E-state index in [1.165, 1.54) is 44.1 Å². The first-order valence-electron chi connectivity index (χ1n) is 8.46. The standard InChI is InChI=1S/C18H29ClN2/c1-3-16(4-2)21-18-8-6-5-7-17(18)20-13-14-9-11-15(19)12-10-14/h9-12,16-18,20-21H,3-8,13H2,1-2H3/t17-,18-/m1/s1. The van der Waals surface area contributed by atoms with Gasteiger partial charge < -0.3 is 10.6 Å². The van der Waals surface area contributed by atoms with Gasteiger partial charge in [-0.1, -0.05) is 50.4 Å². The van der Waals surface area contributed by atoms with E-state index in [2.05, 4.69) is 36.6 Å². The Labute approximate surface area is 134 Å². The van der Waals surface area contributed by atoms with Crippen LogP contribution in [0.1, 0.15) is 57.9 Å². The molecule has 2 N–H and O–H groups in total. The molecule has 21 heavy (non-hydrogen) atoms. The molecule has 0 aromatic heterocycles. The number of halogens is 1. The molecule has 2 atom stereocenters.